The summed E-state index contributed by atoms with van der Waals surface area (Å²) in [5.41, 5.74) is 14.7. The van der Waals surface area contributed by atoms with Gasteiger partial charge in [-0.05, 0) is 0 Å². The summed E-state index contributed by atoms with van der Waals surface area (Å²) in [4.78, 5) is 0. The Bertz CT molecular complexity index is 2670. The summed E-state index contributed by atoms with van der Waals surface area (Å²) in [6.45, 7) is 10.1. The number of allylic oxidation sites excluding steroid dienone is 2. The van der Waals surface area contributed by atoms with Crippen molar-refractivity contribution in [2.45, 2.75) is 175 Å². The Morgan fingerprint density at radius 2 is 0.829 bits per heavy atom. The van der Waals surface area contributed by atoms with Crippen molar-refractivity contribution < 1.29 is 15.6 Å². The molecule has 2 saturated carbocycles. The predicted molar refractivity (Wildman–Crippen MR) is 309 cm³/mol. The summed E-state index contributed by atoms with van der Waals surface area (Å²) in [5, 5.41) is 5.17. The van der Waals surface area contributed by atoms with Crippen molar-refractivity contribution in [2.75, 3.05) is 0 Å². The molecule has 0 heterocycles. The third kappa shape index (κ3) is 9.78. The van der Waals surface area contributed by atoms with E-state index in [0.717, 1.165) is 12.8 Å². The Hall–Kier alpha value is -3.00. The van der Waals surface area contributed by atoms with Crippen LogP contribution >= 0.6 is 17.0 Å². The van der Waals surface area contributed by atoms with Crippen molar-refractivity contribution in [1.29, 1.82) is 0 Å². The van der Waals surface area contributed by atoms with Crippen LogP contribution in [0.1, 0.15) is 185 Å². The molecule has 0 N–H and O–H groups in total. The first kappa shape index (κ1) is 50.5. The Balaban J connectivity index is 1.20. The molecule has 0 amide bonds. The summed E-state index contributed by atoms with van der Waals surface area (Å²) in [6, 6.07) is 46.5. The number of fused-ring (bicyclic) bond motifs is 4. The van der Waals surface area contributed by atoms with Gasteiger partial charge in [0.25, 0.3) is 0 Å². The van der Waals surface area contributed by atoms with E-state index < -0.39 is 21.5 Å². The molecule has 0 aromatic heterocycles. The molecule has 6 aromatic carbocycles. The maximum absolute atomic E-state index is 9.54. The summed E-state index contributed by atoms with van der Waals surface area (Å²) >= 11 is -5.28. The number of hydrogen-bond donors (Lipinski definition) is 0. The summed E-state index contributed by atoms with van der Waals surface area (Å²) in [6.07, 6.45) is 34.3. The third-order valence-corrected chi connectivity index (χ3v) is 70.5. The van der Waals surface area contributed by atoms with Crippen LogP contribution < -0.4 is 0 Å². The molecule has 4 aliphatic rings. The predicted octanol–water partition coefficient (Wildman–Crippen LogP) is 21.5. The first-order valence-corrected chi connectivity index (χ1v) is 44.6. The van der Waals surface area contributed by atoms with Gasteiger partial charge in [0.05, 0.1) is 0 Å². The van der Waals surface area contributed by atoms with E-state index >= 15 is 0 Å². The standard InChI is InChI=1S/2C32H37.C2H7Si.2ClH.Zr/c2*1-2-18-32(19-9-5-3-4-6-10-20-32)24-25-21-28-14-11-15-30(31(28)22-25)29-17-16-26-12-7-8-13-27(26)23-29;1-3-2;;;/h2*7-8,11-17,21-23H,2-6,9-10,18-20,24H2,1H3;3H,1-2H3;2*1H;/q;;;;;+2/p-2. The molecule has 4 aliphatic carbocycles. The average molecular weight is 1060 g/mol. The first-order valence-electron chi connectivity index (χ1n) is 28.3. The van der Waals surface area contributed by atoms with Crippen LogP contribution in [0.25, 0.3) is 56.0 Å². The first-order chi connectivity index (χ1) is 34.0. The molecule has 0 aliphatic heterocycles. The molecule has 70 heavy (non-hydrogen) atoms. The molecule has 2 atom stereocenters. The number of rotatable bonds is 13. The minimum absolute atomic E-state index is 0.0690. The fourth-order valence-corrected chi connectivity index (χ4v) is 46.5. The fraction of sp³-hybridized carbons (Fsp3) is 0.455. The van der Waals surface area contributed by atoms with Gasteiger partial charge in [-0.3, -0.25) is 0 Å². The van der Waals surface area contributed by atoms with Crippen LogP contribution in [0.4, 0.5) is 0 Å². The Labute approximate surface area is 431 Å². The van der Waals surface area contributed by atoms with Gasteiger partial charge in [0.15, 0.2) is 0 Å². The zero-order valence-corrected chi connectivity index (χ0v) is 48.4. The van der Waals surface area contributed by atoms with E-state index in [1.807, 2.05) is 0 Å². The van der Waals surface area contributed by atoms with Crippen LogP contribution in [0.15, 0.2) is 132 Å². The van der Waals surface area contributed by atoms with Gasteiger partial charge in [-0.1, -0.05) is 0 Å². The molecular weight excluding hydrogens is 983 g/mol. The van der Waals surface area contributed by atoms with Crippen molar-refractivity contribution in [1.82, 2.24) is 0 Å². The van der Waals surface area contributed by atoms with E-state index in [0.29, 0.717) is 0 Å². The SMILES string of the molecule is CCCC1(CC2=Cc3c(-c4ccc5ccccc5c4)cccc3[CH]2[Zr]([Cl])([Cl])([CH]2C(CC3(CCC)CCCCCCCC3)=Cc3c(-c4ccc5ccccc5c4)cccc32)[SiH](C)C)CCCCCCCC1. The van der Waals surface area contributed by atoms with Gasteiger partial charge in [-0.2, -0.15) is 0 Å². The van der Waals surface area contributed by atoms with Crippen molar-refractivity contribution in [3.63, 3.8) is 0 Å². The van der Waals surface area contributed by atoms with Crippen LogP contribution in [0.5, 0.6) is 0 Å². The Morgan fingerprint density at radius 1 is 0.457 bits per heavy atom. The molecule has 0 nitrogen and oxygen atoms in total. The van der Waals surface area contributed by atoms with E-state index in [-0.39, 0.29) is 18.1 Å². The molecule has 0 saturated heterocycles. The van der Waals surface area contributed by atoms with Crippen LogP contribution in [0.3, 0.4) is 0 Å². The van der Waals surface area contributed by atoms with Gasteiger partial charge >= 0.3 is 435 Å². The minimum atomic E-state index is -5.28. The quantitative estimate of drug-likeness (QED) is 0.101. The maximum atomic E-state index is 9.54. The fourth-order valence-electron chi connectivity index (χ4n) is 15.2. The zero-order chi connectivity index (χ0) is 48.4. The van der Waals surface area contributed by atoms with Gasteiger partial charge in [-0.25, -0.2) is 0 Å². The number of halogens is 2. The van der Waals surface area contributed by atoms with Gasteiger partial charge in [0.2, 0.25) is 0 Å². The van der Waals surface area contributed by atoms with Crippen molar-refractivity contribution in [2.24, 2.45) is 10.8 Å². The monoisotopic (exact) mass is 1060 g/mol. The van der Waals surface area contributed by atoms with Crippen molar-refractivity contribution in [3.05, 3.63) is 155 Å². The molecule has 4 heteroatoms. The number of benzene rings is 6. The molecule has 367 valence electrons. The van der Waals surface area contributed by atoms with E-state index in [4.69, 9.17) is 0 Å². The zero-order valence-electron chi connectivity index (χ0n) is 43.2. The molecule has 10 rings (SSSR count). The molecule has 0 radical (unpaired) electrons. The van der Waals surface area contributed by atoms with Crippen LogP contribution in [0.2, 0.25) is 13.1 Å². The van der Waals surface area contributed by atoms with E-state index in [9.17, 15) is 17.0 Å². The summed E-state index contributed by atoms with van der Waals surface area (Å²) in [5.74, 6) is -1.84. The van der Waals surface area contributed by atoms with Gasteiger partial charge in [0, 0.05) is 0 Å². The average Bonchev–Trinajstić information content (AvgIpc) is 3.99. The van der Waals surface area contributed by atoms with Gasteiger partial charge < -0.3 is 0 Å². The Kier molecular flexibility index (Phi) is 15.5. The van der Waals surface area contributed by atoms with E-state index in [1.165, 1.54) is 194 Å². The second-order valence-electron chi connectivity index (χ2n) is 23.5. The molecule has 2 unspecified atom stereocenters. The van der Waals surface area contributed by atoms with Crippen LogP contribution in [0, 0.1) is 10.8 Å². The normalized spacial score (nSPS) is 21.3. The number of hydrogen-bond acceptors (Lipinski definition) is 0. The Morgan fingerprint density at radius 3 is 1.20 bits per heavy atom. The van der Waals surface area contributed by atoms with E-state index in [2.05, 4.69) is 160 Å². The van der Waals surface area contributed by atoms with Gasteiger partial charge in [-0.15, -0.1) is 0 Å². The topological polar surface area (TPSA) is 0 Å². The molecule has 0 spiro atoms. The second kappa shape index (κ2) is 21.5. The molecule has 6 aromatic rings. The van der Waals surface area contributed by atoms with E-state index in [1.54, 1.807) is 11.1 Å². The van der Waals surface area contributed by atoms with Crippen molar-refractivity contribution in [3.8, 4) is 22.3 Å². The van der Waals surface area contributed by atoms with Crippen molar-refractivity contribution >= 4 is 56.6 Å². The molecular formula is C66H81Cl2SiZr. The van der Waals surface area contributed by atoms with Crippen LogP contribution in [-0.2, 0) is 15.6 Å². The molecule has 2 fully saturated rings. The summed E-state index contributed by atoms with van der Waals surface area (Å²) < 4.78 is 0.138. The second-order valence-corrected chi connectivity index (χ2v) is 66.0. The van der Waals surface area contributed by atoms with Crippen LogP contribution in [-0.4, -0.2) is 5.92 Å². The third-order valence-electron chi connectivity index (χ3n) is 18.7. The van der Waals surface area contributed by atoms with Gasteiger partial charge in [0.1, 0.15) is 0 Å². The summed E-state index contributed by atoms with van der Waals surface area (Å²) in [7, 11) is 19.1. The molecule has 0 bridgehead atoms.